The lowest BCUT2D eigenvalue weighted by atomic mass is 10.2. The van der Waals surface area contributed by atoms with E-state index in [0.717, 1.165) is 17.0 Å². The number of benzene rings is 1. The molecule has 0 bridgehead atoms. The molecule has 1 amide bonds. The molecule has 7 heteroatoms. The normalized spacial score (nSPS) is 18.2. The minimum atomic E-state index is -2.88. The number of hydrogen-bond donors (Lipinski definition) is 0. The van der Waals surface area contributed by atoms with Crippen molar-refractivity contribution in [1.29, 1.82) is 0 Å². The van der Waals surface area contributed by atoms with Gasteiger partial charge in [-0.15, -0.1) is 0 Å². The van der Waals surface area contributed by atoms with Gasteiger partial charge in [-0.1, -0.05) is 11.6 Å². The lowest BCUT2D eigenvalue weighted by molar-refractivity contribution is 0.0120. The predicted octanol–water partition coefficient (Wildman–Crippen LogP) is 3.72. The van der Waals surface area contributed by atoms with Gasteiger partial charge in [0, 0.05) is 17.4 Å². The fourth-order valence-electron chi connectivity index (χ4n) is 1.79. The van der Waals surface area contributed by atoms with Crippen LogP contribution in [0.15, 0.2) is 16.6 Å². The van der Waals surface area contributed by atoms with Crippen LogP contribution in [0, 0.1) is 5.82 Å². The minimum absolute atomic E-state index is 0.0246. The summed E-state index contributed by atoms with van der Waals surface area (Å²) in [6.45, 7) is -0.716. The van der Waals surface area contributed by atoms with Crippen molar-refractivity contribution in [1.82, 2.24) is 4.90 Å². The highest BCUT2D eigenvalue weighted by molar-refractivity contribution is 9.10. The Bertz CT molecular complexity index is 509. The van der Waals surface area contributed by atoms with E-state index < -0.39 is 24.2 Å². The molecule has 0 N–H and O–H groups in total. The molecule has 1 fully saturated rings. The summed E-state index contributed by atoms with van der Waals surface area (Å²) >= 11 is 8.87. The Labute approximate surface area is 115 Å². The Morgan fingerprint density at radius 3 is 2.67 bits per heavy atom. The molecule has 1 aromatic carbocycles. The van der Waals surface area contributed by atoms with Crippen LogP contribution in [0.2, 0.25) is 5.02 Å². The second-order valence-corrected chi connectivity index (χ2v) is 5.31. The summed E-state index contributed by atoms with van der Waals surface area (Å²) in [6, 6.07) is 2.06. The number of nitrogens with zero attached hydrogens (tertiary/aromatic N) is 1. The lowest BCUT2D eigenvalue weighted by Crippen LogP contribution is -2.31. The average Bonchev–Trinajstić information content (AvgIpc) is 2.63. The summed E-state index contributed by atoms with van der Waals surface area (Å²) < 4.78 is 39.5. The van der Waals surface area contributed by atoms with Crippen molar-refractivity contribution in [2.24, 2.45) is 0 Å². The van der Waals surface area contributed by atoms with E-state index in [4.69, 9.17) is 11.6 Å². The van der Waals surface area contributed by atoms with Crippen LogP contribution in [0.1, 0.15) is 16.8 Å². The summed E-state index contributed by atoms with van der Waals surface area (Å²) in [7, 11) is 0. The Morgan fingerprint density at radius 2 is 2.11 bits per heavy atom. The van der Waals surface area contributed by atoms with Crippen LogP contribution >= 0.6 is 27.5 Å². The van der Waals surface area contributed by atoms with Crippen LogP contribution < -0.4 is 0 Å². The highest BCUT2D eigenvalue weighted by Crippen LogP contribution is 2.32. The van der Waals surface area contributed by atoms with Gasteiger partial charge in [-0.05, 0) is 28.1 Å². The largest absolute Gasteiger partial charge is 0.332 e. The molecule has 1 aliphatic heterocycles. The van der Waals surface area contributed by atoms with E-state index in [1.165, 1.54) is 0 Å². The molecule has 0 atom stereocenters. The molecule has 98 valence electrons. The van der Waals surface area contributed by atoms with Gasteiger partial charge in [-0.3, -0.25) is 4.79 Å². The van der Waals surface area contributed by atoms with E-state index >= 15 is 0 Å². The lowest BCUT2D eigenvalue weighted by Gasteiger charge is -2.17. The first-order chi connectivity index (χ1) is 8.30. The maximum absolute atomic E-state index is 13.2. The number of halogens is 5. The molecule has 0 radical (unpaired) electrons. The molecule has 0 saturated carbocycles. The van der Waals surface area contributed by atoms with Crippen LogP contribution in [-0.4, -0.2) is 29.8 Å². The topological polar surface area (TPSA) is 20.3 Å². The smallest absolute Gasteiger partial charge is 0.267 e. The molecule has 18 heavy (non-hydrogen) atoms. The van der Waals surface area contributed by atoms with Crippen molar-refractivity contribution in [2.75, 3.05) is 13.1 Å². The van der Waals surface area contributed by atoms with Gasteiger partial charge < -0.3 is 4.90 Å². The minimum Gasteiger partial charge on any atom is -0.332 e. The highest BCUT2D eigenvalue weighted by Gasteiger charge is 2.40. The van der Waals surface area contributed by atoms with Crippen molar-refractivity contribution >= 4 is 33.4 Å². The number of rotatable bonds is 1. The van der Waals surface area contributed by atoms with Gasteiger partial charge in [0.25, 0.3) is 11.8 Å². The van der Waals surface area contributed by atoms with E-state index in [1.54, 1.807) is 0 Å². The molecule has 2 rings (SSSR count). The Balaban J connectivity index is 2.30. The van der Waals surface area contributed by atoms with Gasteiger partial charge in [-0.2, -0.15) is 0 Å². The Hall–Kier alpha value is -0.750. The van der Waals surface area contributed by atoms with Gasteiger partial charge in [0.15, 0.2) is 0 Å². The van der Waals surface area contributed by atoms with E-state index in [0.29, 0.717) is 0 Å². The molecule has 0 aliphatic carbocycles. The number of amides is 1. The summed E-state index contributed by atoms with van der Waals surface area (Å²) in [4.78, 5) is 13.0. The van der Waals surface area contributed by atoms with Crippen LogP contribution in [0.25, 0.3) is 0 Å². The summed E-state index contributed by atoms with van der Waals surface area (Å²) in [5.41, 5.74) is -0.110. The van der Waals surface area contributed by atoms with Gasteiger partial charge in [0.1, 0.15) is 5.82 Å². The Kier molecular flexibility index (Phi) is 3.60. The quantitative estimate of drug-likeness (QED) is 0.712. The molecule has 2 nitrogen and oxygen atoms in total. The predicted molar refractivity (Wildman–Crippen MR) is 64.6 cm³/mol. The van der Waals surface area contributed by atoms with Crippen LogP contribution in [0.3, 0.4) is 0 Å². The number of carbonyl (C=O) groups is 1. The molecule has 1 saturated heterocycles. The van der Waals surface area contributed by atoms with E-state index in [2.05, 4.69) is 15.9 Å². The van der Waals surface area contributed by atoms with Gasteiger partial charge in [0.05, 0.1) is 17.1 Å². The number of carbonyl (C=O) groups excluding carboxylic acids is 1. The monoisotopic (exact) mass is 341 g/mol. The maximum Gasteiger partial charge on any atom is 0.267 e. The first-order valence-corrected chi connectivity index (χ1v) is 6.29. The number of likely N-dealkylation sites (tertiary alicyclic amines) is 1. The van der Waals surface area contributed by atoms with E-state index in [1.807, 2.05) is 0 Å². The van der Waals surface area contributed by atoms with Crippen LogP contribution in [-0.2, 0) is 0 Å². The third kappa shape index (κ3) is 2.64. The molecular weight excluding hydrogens is 334 g/mol. The summed E-state index contributed by atoms with van der Waals surface area (Å²) in [5.74, 6) is -4.22. The third-order valence-corrected chi connectivity index (χ3v) is 3.94. The van der Waals surface area contributed by atoms with Crippen LogP contribution in [0.4, 0.5) is 13.2 Å². The summed E-state index contributed by atoms with van der Waals surface area (Å²) in [5, 5.41) is 0.0246. The third-order valence-electron chi connectivity index (χ3n) is 2.68. The molecule has 0 spiro atoms. The second kappa shape index (κ2) is 4.74. The standard InChI is InChI=1S/C11H8BrClF3NO/c12-8-4-6(14)3-7(9(8)13)10(18)17-2-1-11(15,16)5-17/h3-4H,1-2,5H2. The fourth-order valence-corrected chi connectivity index (χ4v) is 2.41. The molecule has 1 aromatic rings. The average molecular weight is 343 g/mol. The van der Waals surface area contributed by atoms with Gasteiger partial charge in [0.2, 0.25) is 0 Å². The first kappa shape index (κ1) is 13.7. The molecule has 1 aliphatic rings. The van der Waals surface area contributed by atoms with E-state index in [9.17, 15) is 18.0 Å². The fraction of sp³-hybridized carbons (Fsp3) is 0.364. The van der Waals surface area contributed by atoms with Crippen LogP contribution in [0.5, 0.6) is 0 Å². The van der Waals surface area contributed by atoms with Crippen molar-refractivity contribution in [3.8, 4) is 0 Å². The molecule has 0 unspecified atom stereocenters. The van der Waals surface area contributed by atoms with Crippen molar-refractivity contribution in [2.45, 2.75) is 12.3 Å². The molecule has 0 aromatic heterocycles. The number of alkyl halides is 2. The van der Waals surface area contributed by atoms with E-state index in [-0.39, 0.29) is 28.0 Å². The SMILES string of the molecule is O=C(c1cc(F)cc(Br)c1Cl)N1CCC(F)(F)C1. The molecular formula is C11H8BrClF3NO. The molecule has 1 heterocycles. The van der Waals surface area contributed by atoms with Crippen molar-refractivity contribution in [3.63, 3.8) is 0 Å². The zero-order valence-electron chi connectivity index (χ0n) is 9.02. The van der Waals surface area contributed by atoms with Gasteiger partial charge in [-0.25, -0.2) is 13.2 Å². The zero-order chi connectivity index (χ0) is 13.5. The van der Waals surface area contributed by atoms with Gasteiger partial charge >= 0.3 is 0 Å². The summed E-state index contributed by atoms with van der Waals surface area (Å²) in [6.07, 6.45) is -0.382. The maximum atomic E-state index is 13.2. The number of hydrogen-bond acceptors (Lipinski definition) is 1. The second-order valence-electron chi connectivity index (χ2n) is 4.08. The first-order valence-electron chi connectivity index (χ1n) is 5.12. The Morgan fingerprint density at radius 1 is 1.44 bits per heavy atom. The van der Waals surface area contributed by atoms with Crippen molar-refractivity contribution < 1.29 is 18.0 Å². The highest BCUT2D eigenvalue weighted by atomic mass is 79.9. The van der Waals surface area contributed by atoms with Crippen molar-refractivity contribution in [3.05, 3.63) is 33.0 Å². The zero-order valence-corrected chi connectivity index (χ0v) is 11.4.